The summed E-state index contributed by atoms with van der Waals surface area (Å²) in [6.07, 6.45) is 0.836. The number of rotatable bonds is 11. The Hall–Kier alpha value is -4.01. The van der Waals surface area contributed by atoms with Gasteiger partial charge in [0.05, 0.1) is 26.4 Å². The minimum Gasteiger partial charge on any atom is -0.386 e. The van der Waals surface area contributed by atoms with E-state index in [-0.39, 0.29) is 24.2 Å². The van der Waals surface area contributed by atoms with Gasteiger partial charge in [0.25, 0.3) is 5.91 Å². The molecule has 0 saturated carbocycles. The molecule has 7 nitrogen and oxygen atoms in total. The Morgan fingerprint density at radius 2 is 1.56 bits per heavy atom. The summed E-state index contributed by atoms with van der Waals surface area (Å²) in [4.78, 5) is 28.0. The standard InChI is InChI=1S/C31H32FN3O4/c32-26-12-10-24(11-13-26)27-20-28(27)33-14-17-39-21-29(31(37)35-15-18-38-19-16-35)34-30(36)25-8-6-23(7-9-25)22-4-2-1-3-5-22/h1-13,29,33H,14-21H2,(H,34,36)/t29-/m0/s1. The number of carbonyl (C=O) groups excluding carboxylic acids is 2. The summed E-state index contributed by atoms with van der Waals surface area (Å²) in [5, 5.41) is 6.21. The molecule has 0 spiro atoms. The van der Waals surface area contributed by atoms with Gasteiger partial charge in [0.15, 0.2) is 0 Å². The zero-order valence-corrected chi connectivity index (χ0v) is 21.7. The molecule has 202 valence electrons. The Bertz CT molecular complexity index is 1300. The molecular weight excluding hydrogens is 497 g/mol. The van der Waals surface area contributed by atoms with Gasteiger partial charge in [-0.05, 0) is 46.5 Å². The Kier molecular flexibility index (Phi) is 8.65. The second kappa shape index (κ2) is 12.7. The van der Waals surface area contributed by atoms with Crippen molar-refractivity contribution in [3.8, 4) is 11.1 Å². The Balaban J connectivity index is 1.15. The van der Waals surface area contributed by atoms with E-state index in [2.05, 4.69) is 10.6 Å². The van der Waals surface area contributed by atoms with E-state index in [9.17, 15) is 14.0 Å². The lowest BCUT2D eigenvalue weighted by atomic mass is 10.0. The third-order valence-electron chi connectivity index (χ3n) is 6.84. The predicted octanol–water partition coefficient (Wildman–Crippen LogP) is 3.87. The second-order valence-corrected chi connectivity index (χ2v) is 9.55. The molecule has 3 aromatic carbocycles. The van der Waals surface area contributed by atoms with E-state index in [1.165, 1.54) is 17.7 Å². The SMILES string of the molecule is O=C(N[C@@H](COCCNC1=C(c2ccc(F)cc2)C1)C(=O)N1CCOCC1)c1ccc(-c2ccccc2)cc1. The smallest absolute Gasteiger partial charge is 0.251 e. The van der Waals surface area contributed by atoms with E-state index < -0.39 is 6.04 Å². The van der Waals surface area contributed by atoms with Crippen molar-refractivity contribution in [2.24, 2.45) is 0 Å². The van der Waals surface area contributed by atoms with Gasteiger partial charge in [-0.1, -0.05) is 54.6 Å². The molecule has 2 amide bonds. The average Bonchev–Trinajstić information content (AvgIpc) is 3.77. The van der Waals surface area contributed by atoms with Crippen molar-refractivity contribution in [3.05, 3.63) is 102 Å². The van der Waals surface area contributed by atoms with E-state index in [1.54, 1.807) is 29.2 Å². The van der Waals surface area contributed by atoms with Gasteiger partial charge in [-0.15, -0.1) is 0 Å². The fourth-order valence-electron chi connectivity index (χ4n) is 4.57. The Morgan fingerprint density at radius 1 is 0.897 bits per heavy atom. The van der Waals surface area contributed by atoms with E-state index >= 15 is 0 Å². The molecule has 3 aromatic rings. The summed E-state index contributed by atoms with van der Waals surface area (Å²) in [6.45, 7) is 2.92. The van der Waals surface area contributed by atoms with E-state index in [0.717, 1.165) is 28.8 Å². The largest absolute Gasteiger partial charge is 0.386 e. The van der Waals surface area contributed by atoms with Crippen molar-refractivity contribution < 1.29 is 23.5 Å². The van der Waals surface area contributed by atoms with Crippen LogP contribution in [0.25, 0.3) is 16.7 Å². The number of halogens is 1. The molecule has 0 bridgehead atoms. The van der Waals surface area contributed by atoms with Gasteiger partial charge in [0.2, 0.25) is 5.91 Å². The van der Waals surface area contributed by atoms with E-state index in [4.69, 9.17) is 9.47 Å². The molecule has 5 rings (SSSR count). The number of hydrogen-bond donors (Lipinski definition) is 2. The third kappa shape index (κ3) is 7.10. The van der Waals surface area contributed by atoms with Gasteiger partial charge >= 0.3 is 0 Å². The highest BCUT2D eigenvalue weighted by atomic mass is 19.1. The first-order chi connectivity index (χ1) is 19.1. The lowest BCUT2D eigenvalue weighted by Gasteiger charge is -2.30. The van der Waals surface area contributed by atoms with Crippen LogP contribution in [0.15, 0.2) is 84.6 Å². The topological polar surface area (TPSA) is 79.9 Å². The highest BCUT2D eigenvalue weighted by Gasteiger charge is 2.28. The molecule has 0 aromatic heterocycles. The second-order valence-electron chi connectivity index (χ2n) is 9.55. The number of carbonyl (C=O) groups is 2. The quantitative estimate of drug-likeness (QED) is 0.369. The number of nitrogens with zero attached hydrogens (tertiary/aromatic N) is 1. The molecule has 39 heavy (non-hydrogen) atoms. The molecule has 1 atom stereocenters. The number of hydrogen-bond acceptors (Lipinski definition) is 5. The molecule has 1 aliphatic carbocycles. The highest BCUT2D eigenvalue weighted by molar-refractivity contribution is 5.98. The lowest BCUT2D eigenvalue weighted by Crippen LogP contribution is -2.53. The number of benzene rings is 3. The van der Waals surface area contributed by atoms with Crippen molar-refractivity contribution in [1.29, 1.82) is 0 Å². The number of amides is 2. The monoisotopic (exact) mass is 529 g/mol. The molecule has 1 saturated heterocycles. The molecule has 1 heterocycles. The van der Waals surface area contributed by atoms with Crippen molar-refractivity contribution in [2.45, 2.75) is 12.5 Å². The van der Waals surface area contributed by atoms with Crippen LogP contribution >= 0.6 is 0 Å². The molecular formula is C31H32FN3O4. The van der Waals surface area contributed by atoms with Crippen molar-refractivity contribution in [3.63, 3.8) is 0 Å². The minimum absolute atomic E-state index is 0.0651. The molecule has 2 N–H and O–H groups in total. The van der Waals surface area contributed by atoms with Crippen LogP contribution in [0.4, 0.5) is 4.39 Å². The first kappa shape index (κ1) is 26.6. The van der Waals surface area contributed by atoms with Crippen LogP contribution in [0.2, 0.25) is 0 Å². The number of morpholine rings is 1. The van der Waals surface area contributed by atoms with Gasteiger partial charge in [0, 0.05) is 37.3 Å². The molecule has 0 unspecified atom stereocenters. The maximum Gasteiger partial charge on any atom is 0.251 e. The van der Waals surface area contributed by atoms with Gasteiger partial charge in [-0.3, -0.25) is 9.59 Å². The maximum atomic E-state index is 13.2. The van der Waals surface area contributed by atoms with Crippen LogP contribution < -0.4 is 10.6 Å². The summed E-state index contributed by atoms with van der Waals surface area (Å²) in [7, 11) is 0. The van der Waals surface area contributed by atoms with Gasteiger partial charge in [0.1, 0.15) is 11.9 Å². The van der Waals surface area contributed by atoms with Crippen LogP contribution in [0.3, 0.4) is 0 Å². The number of allylic oxidation sites excluding steroid dienone is 2. The van der Waals surface area contributed by atoms with Crippen LogP contribution in [-0.2, 0) is 14.3 Å². The first-order valence-corrected chi connectivity index (χ1v) is 13.2. The highest BCUT2D eigenvalue weighted by Crippen LogP contribution is 2.37. The molecule has 2 aliphatic rings. The maximum absolute atomic E-state index is 13.2. The lowest BCUT2D eigenvalue weighted by molar-refractivity contribution is -0.138. The fraction of sp³-hybridized carbons (Fsp3) is 0.290. The normalized spacial score (nSPS) is 15.6. The summed E-state index contributed by atoms with van der Waals surface area (Å²) >= 11 is 0. The first-order valence-electron chi connectivity index (χ1n) is 13.2. The van der Waals surface area contributed by atoms with E-state index in [0.29, 0.717) is 45.0 Å². The summed E-state index contributed by atoms with van der Waals surface area (Å²) in [5.74, 6) is -0.751. The molecule has 0 radical (unpaired) electrons. The summed E-state index contributed by atoms with van der Waals surface area (Å²) < 4.78 is 24.3. The van der Waals surface area contributed by atoms with Crippen molar-refractivity contribution in [2.75, 3.05) is 46.1 Å². The zero-order valence-electron chi connectivity index (χ0n) is 21.7. The summed E-state index contributed by atoms with van der Waals surface area (Å²) in [6, 6.07) is 22.9. The Morgan fingerprint density at radius 3 is 2.28 bits per heavy atom. The zero-order chi connectivity index (χ0) is 27.0. The minimum atomic E-state index is -0.806. The van der Waals surface area contributed by atoms with Gasteiger partial charge < -0.3 is 25.0 Å². The molecule has 8 heteroatoms. The van der Waals surface area contributed by atoms with Crippen LogP contribution in [0.5, 0.6) is 0 Å². The molecule has 1 fully saturated rings. The fourth-order valence-corrected chi connectivity index (χ4v) is 4.57. The van der Waals surface area contributed by atoms with Crippen LogP contribution in [0.1, 0.15) is 22.3 Å². The third-order valence-corrected chi connectivity index (χ3v) is 6.84. The van der Waals surface area contributed by atoms with Gasteiger partial charge in [-0.2, -0.15) is 0 Å². The number of ether oxygens (including phenoxy) is 2. The average molecular weight is 530 g/mol. The van der Waals surface area contributed by atoms with Crippen molar-refractivity contribution in [1.82, 2.24) is 15.5 Å². The van der Waals surface area contributed by atoms with Gasteiger partial charge in [-0.25, -0.2) is 4.39 Å². The Labute approximate surface area is 227 Å². The number of nitrogens with one attached hydrogen (secondary N) is 2. The van der Waals surface area contributed by atoms with Crippen LogP contribution in [-0.4, -0.2) is 68.8 Å². The summed E-state index contributed by atoms with van der Waals surface area (Å²) in [5.41, 5.74) is 5.84. The van der Waals surface area contributed by atoms with E-state index in [1.807, 2.05) is 42.5 Å². The predicted molar refractivity (Wildman–Crippen MR) is 147 cm³/mol. The molecule has 1 aliphatic heterocycles. The van der Waals surface area contributed by atoms with Crippen LogP contribution in [0, 0.1) is 5.82 Å². The van der Waals surface area contributed by atoms with Crippen molar-refractivity contribution >= 4 is 17.4 Å².